The number of rotatable bonds is 6. The molecule has 0 aliphatic rings. The van der Waals surface area contributed by atoms with Crippen molar-refractivity contribution in [3.63, 3.8) is 0 Å². The van der Waals surface area contributed by atoms with Crippen molar-refractivity contribution in [2.45, 2.75) is 16.0 Å². The highest BCUT2D eigenvalue weighted by Gasteiger charge is 2.33. The van der Waals surface area contributed by atoms with Crippen LogP contribution in [-0.4, -0.2) is 10.2 Å². The maximum atomic E-state index is 13.4. The van der Waals surface area contributed by atoms with Crippen molar-refractivity contribution in [3.05, 3.63) is 84.5 Å². The Morgan fingerprint density at radius 2 is 1.36 bits per heavy atom. The van der Waals surface area contributed by atoms with Crippen molar-refractivity contribution < 1.29 is 22.8 Å². The maximum Gasteiger partial charge on any atom is 0.417 e. The van der Waals surface area contributed by atoms with Gasteiger partial charge in [0.15, 0.2) is 0 Å². The van der Waals surface area contributed by atoms with Crippen LogP contribution in [0.25, 0.3) is 12.2 Å². The molecule has 144 valence electrons. The van der Waals surface area contributed by atoms with Gasteiger partial charge in [-0.25, -0.2) is 0 Å². The van der Waals surface area contributed by atoms with Gasteiger partial charge in [-0.2, -0.15) is 13.2 Å². The number of carbonyl (C=O) groups excluding carboxylic acids is 2. The first kappa shape index (κ1) is 21.8. The van der Waals surface area contributed by atoms with E-state index in [1.807, 2.05) is 0 Å². The monoisotopic (exact) mass is 420 g/mol. The van der Waals surface area contributed by atoms with Gasteiger partial charge in [0.2, 0.25) is 10.2 Å². The van der Waals surface area contributed by atoms with E-state index in [2.05, 4.69) is 13.2 Å². The van der Waals surface area contributed by atoms with Crippen molar-refractivity contribution in [1.82, 2.24) is 0 Å². The van der Waals surface area contributed by atoms with Crippen LogP contribution < -0.4 is 0 Å². The summed E-state index contributed by atoms with van der Waals surface area (Å²) >= 11 is 1.70. The fourth-order valence-corrected chi connectivity index (χ4v) is 3.35. The zero-order valence-corrected chi connectivity index (χ0v) is 16.2. The average Bonchev–Trinajstić information content (AvgIpc) is 2.67. The third-order valence-electron chi connectivity index (χ3n) is 3.44. The number of hydrogen-bond acceptors (Lipinski definition) is 4. The standard InChI is InChI=1S/C21H15F3O2S2/c1-3-19(25)27-16-10-6-14(7-11-16)5-8-15-9-12-17(28-20(26)4-2)13-18(15)21(22,23)24/h3-13H,1-2H2/b8-5+. The van der Waals surface area contributed by atoms with E-state index >= 15 is 0 Å². The molecule has 7 heteroatoms. The zero-order valence-electron chi connectivity index (χ0n) is 14.5. The molecule has 0 spiro atoms. The molecule has 0 aliphatic heterocycles. The first-order valence-electron chi connectivity index (χ1n) is 7.91. The Morgan fingerprint density at radius 1 is 0.821 bits per heavy atom. The van der Waals surface area contributed by atoms with Crippen molar-refractivity contribution in [2.75, 3.05) is 0 Å². The zero-order chi connectivity index (χ0) is 20.7. The van der Waals surface area contributed by atoms with E-state index in [-0.39, 0.29) is 15.6 Å². The van der Waals surface area contributed by atoms with Gasteiger partial charge in [0, 0.05) is 9.79 Å². The second kappa shape index (κ2) is 9.61. The lowest BCUT2D eigenvalue weighted by molar-refractivity contribution is -0.137. The molecule has 0 heterocycles. The van der Waals surface area contributed by atoms with Crippen molar-refractivity contribution in [1.29, 1.82) is 0 Å². The summed E-state index contributed by atoms with van der Waals surface area (Å²) in [4.78, 5) is 23.6. The normalized spacial score (nSPS) is 11.4. The van der Waals surface area contributed by atoms with Gasteiger partial charge in [0.25, 0.3) is 0 Å². The number of hydrogen-bond donors (Lipinski definition) is 0. The van der Waals surface area contributed by atoms with Gasteiger partial charge < -0.3 is 0 Å². The fraction of sp³-hybridized carbons (Fsp3) is 0.0476. The average molecular weight is 420 g/mol. The van der Waals surface area contributed by atoms with E-state index in [0.29, 0.717) is 22.2 Å². The molecule has 2 rings (SSSR count). The summed E-state index contributed by atoms with van der Waals surface area (Å²) < 4.78 is 40.2. The Hall–Kier alpha value is -2.51. The molecule has 0 fully saturated rings. The van der Waals surface area contributed by atoms with Crippen LogP contribution in [0.2, 0.25) is 0 Å². The van der Waals surface area contributed by atoms with Crippen molar-refractivity contribution >= 4 is 45.9 Å². The third-order valence-corrected chi connectivity index (χ3v) is 5.17. The summed E-state index contributed by atoms with van der Waals surface area (Å²) in [6.45, 7) is 6.70. The van der Waals surface area contributed by atoms with E-state index in [4.69, 9.17) is 0 Å². The molecule has 2 aromatic carbocycles. The number of alkyl halides is 3. The van der Waals surface area contributed by atoms with Gasteiger partial charge >= 0.3 is 6.18 Å². The summed E-state index contributed by atoms with van der Waals surface area (Å²) in [6, 6.07) is 10.6. The molecule has 0 atom stereocenters. The Morgan fingerprint density at radius 3 is 1.89 bits per heavy atom. The predicted molar refractivity (Wildman–Crippen MR) is 109 cm³/mol. The molecule has 0 radical (unpaired) electrons. The molecule has 0 saturated carbocycles. The smallest absolute Gasteiger partial charge is 0.282 e. The highest BCUT2D eigenvalue weighted by molar-refractivity contribution is 8.14. The van der Waals surface area contributed by atoms with Gasteiger partial charge in [-0.1, -0.05) is 43.5 Å². The Balaban J connectivity index is 2.26. The van der Waals surface area contributed by atoms with Gasteiger partial charge in [-0.05, 0) is 71.1 Å². The Kier molecular flexibility index (Phi) is 7.48. The summed E-state index contributed by atoms with van der Waals surface area (Å²) in [6.07, 6.45) is 0.622. The van der Waals surface area contributed by atoms with Crippen LogP contribution in [0.3, 0.4) is 0 Å². The number of thioether (sulfide) groups is 2. The SMILES string of the molecule is C=CC(=O)Sc1ccc(/C=C/c2ccc(SC(=O)C=C)cc2C(F)(F)F)cc1. The Bertz CT molecular complexity index is 930. The summed E-state index contributed by atoms with van der Waals surface area (Å²) in [5, 5.41) is -0.615. The van der Waals surface area contributed by atoms with Crippen LogP contribution >= 0.6 is 23.5 Å². The molecule has 2 aromatic rings. The van der Waals surface area contributed by atoms with Gasteiger partial charge in [-0.15, -0.1) is 0 Å². The second-order valence-corrected chi connectivity index (χ2v) is 7.56. The molecular formula is C21H15F3O2S2. The quantitative estimate of drug-likeness (QED) is 0.304. The molecule has 2 nitrogen and oxygen atoms in total. The minimum absolute atomic E-state index is 0.0109. The molecule has 0 amide bonds. The lowest BCUT2D eigenvalue weighted by Crippen LogP contribution is -2.07. The lowest BCUT2D eigenvalue weighted by atomic mass is 10.1. The lowest BCUT2D eigenvalue weighted by Gasteiger charge is -2.12. The number of benzene rings is 2. The van der Waals surface area contributed by atoms with Crippen molar-refractivity contribution in [3.8, 4) is 0 Å². The molecule has 0 saturated heterocycles. The molecular weight excluding hydrogens is 405 g/mol. The Labute approximate surface area is 169 Å². The van der Waals surface area contributed by atoms with E-state index in [9.17, 15) is 22.8 Å². The second-order valence-electron chi connectivity index (χ2n) is 5.40. The molecule has 0 bridgehead atoms. The molecule has 28 heavy (non-hydrogen) atoms. The van der Waals surface area contributed by atoms with Crippen LogP contribution in [0.1, 0.15) is 16.7 Å². The molecule has 0 aliphatic carbocycles. The van der Waals surface area contributed by atoms with Crippen LogP contribution in [0.5, 0.6) is 0 Å². The van der Waals surface area contributed by atoms with Crippen LogP contribution in [0, 0.1) is 0 Å². The van der Waals surface area contributed by atoms with Gasteiger partial charge in [-0.3, -0.25) is 9.59 Å². The maximum absolute atomic E-state index is 13.4. The van der Waals surface area contributed by atoms with Crippen molar-refractivity contribution in [2.24, 2.45) is 0 Å². The van der Waals surface area contributed by atoms with Crippen LogP contribution in [0.4, 0.5) is 13.2 Å². The largest absolute Gasteiger partial charge is 0.417 e. The topological polar surface area (TPSA) is 34.1 Å². The fourth-order valence-electron chi connectivity index (χ4n) is 2.14. The molecule has 0 aromatic heterocycles. The molecule has 0 N–H and O–H groups in total. The highest BCUT2D eigenvalue weighted by atomic mass is 32.2. The van der Waals surface area contributed by atoms with E-state index in [0.717, 1.165) is 23.9 Å². The molecule has 0 unspecified atom stereocenters. The first-order chi connectivity index (χ1) is 13.2. The number of halogens is 3. The third kappa shape index (κ3) is 6.28. The van der Waals surface area contributed by atoms with E-state index in [1.165, 1.54) is 24.3 Å². The van der Waals surface area contributed by atoms with E-state index in [1.54, 1.807) is 30.3 Å². The highest BCUT2D eigenvalue weighted by Crippen LogP contribution is 2.36. The number of carbonyl (C=O) groups is 2. The van der Waals surface area contributed by atoms with Crippen LogP contribution in [-0.2, 0) is 15.8 Å². The van der Waals surface area contributed by atoms with E-state index < -0.39 is 16.9 Å². The predicted octanol–water partition coefficient (Wildman–Crippen LogP) is 6.49. The minimum Gasteiger partial charge on any atom is -0.282 e. The first-order valence-corrected chi connectivity index (χ1v) is 9.54. The summed E-state index contributed by atoms with van der Waals surface area (Å²) in [7, 11) is 0. The van der Waals surface area contributed by atoms with Crippen LogP contribution in [0.15, 0.2) is 77.6 Å². The minimum atomic E-state index is -4.56. The van der Waals surface area contributed by atoms with Gasteiger partial charge in [0.1, 0.15) is 0 Å². The van der Waals surface area contributed by atoms with Gasteiger partial charge in [0.05, 0.1) is 5.56 Å². The summed E-state index contributed by atoms with van der Waals surface area (Å²) in [5.74, 6) is 0. The summed E-state index contributed by atoms with van der Waals surface area (Å²) in [5.41, 5.74) is -0.152.